The number of carbonyl (C=O) groups excluding carboxylic acids is 1. The fourth-order valence-electron chi connectivity index (χ4n) is 4.55. The molecule has 4 rings (SSSR count). The molecule has 10 heteroatoms. The van der Waals surface area contributed by atoms with Crippen LogP contribution in [-0.2, 0) is 21.2 Å². The van der Waals surface area contributed by atoms with Gasteiger partial charge in [-0.25, -0.2) is 8.42 Å². The Kier molecular flexibility index (Phi) is 8.73. The Labute approximate surface area is 232 Å². The quantitative estimate of drug-likeness (QED) is 0.201. The van der Waals surface area contributed by atoms with E-state index >= 15 is 0 Å². The van der Waals surface area contributed by atoms with Crippen LogP contribution in [0, 0.1) is 12.8 Å². The van der Waals surface area contributed by atoms with E-state index in [9.17, 15) is 28.2 Å². The molecule has 1 aromatic heterocycles. The molecule has 1 heterocycles. The molecule has 210 valence electrons. The van der Waals surface area contributed by atoms with Crippen molar-refractivity contribution in [2.24, 2.45) is 5.92 Å². The molecule has 0 aliphatic heterocycles. The number of carboxylic acid groups (broad SMARTS) is 1. The van der Waals surface area contributed by atoms with Crippen molar-refractivity contribution in [3.63, 3.8) is 0 Å². The lowest BCUT2D eigenvalue weighted by molar-refractivity contribution is -0.140. The Morgan fingerprint density at radius 1 is 0.950 bits per heavy atom. The van der Waals surface area contributed by atoms with Gasteiger partial charge in [0.25, 0.3) is 5.91 Å². The highest BCUT2D eigenvalue weighted by molar-refractivity contribution is 7.89. The summed E-state index contributed by atoms with van der Waals surface area (Å²) in [7, 11) is -4.01. The van der Waals surface area contributed by atoms with Crippen molar-refractivity contribution < 1.29 is 32.6 Å². The lowest BCUT2D eigenvalue weighted by Crippen LogP contribution is -2.44. The van der Waals surface area contributed by atoms with E-state index in [4.69, 9.17) is 4.42 Å². The molecular formula is C30H32N2O7S. The molecule has 1 amide bonds. The maximum Gasteiger partial charge on any atom is 0.322 e. The van der Waals surface area contributed by atoms with Gasteiger partial charge in [-0.15, -0.1) is 0 Å². The average molecular weight is 565 g/mol. The minimum atomic E-state index is -4.01. The van der Waals surface area contributed by atoms with Crippen LogP contribution in [-0.4, -0.2) is 43.2 Å². The fraction of sp³-hybridized carbons (Fsp3) is 0.267. The Bertz CT molecular complexity index is 1620. The number of carbonyl (C=O) groups is 2. The number of aliphatic hydroxyl groups is 1. The number of nitrogens with one attached hydrogen (secondary N) is 2. The third-order valence-electron chi connectivity index (χ3n) is 6.71. The zero-order valence-electron chi connectivity index (χ0n) is 22.5. The van der Waals surface area contributed by atoms with Crippen molar-refractivity contribution >= 4 is 38.6 Å². The zero-order chi connectivity index (χ0) is 29.0. The second-order valence-electron chi connectivity index (χ2n) is 9.91. The minimum absolute atomic E-state index is 0.0345. The first kappa shape index (κ1) is 29.0. The van der Waals surface area contributed by atoms with Crippen molar-refractivity contribution in [3.8, 4) is 11.1 Å². The maximum atomic E-state index is 13.0. The molecule has 0 saturated heterocycles. The Balaban J connectivity index is 1.48. The zero-order valence-corrected chi connectivity index (χ0v) is 23.3. The van der Waals surface area contributed by atoms with Crippen LogP contribution in [0.5, 0.6) is 0 Å². The van der Waals surface area contributed by atoms with Gasteiger partial charge in [0.2, 0.25) is 10.0 Å². The lowest BCUT2D eigenvalue weighted by atomic mass is 10.0. The highest BCUT2D eigenvalue weighted by Gasteiger charge is 2.28. The lowest BCUT2D eigenvalue weighted by Gasteiger charge is -2.18. The van der Waals surface area contributed by atoms with E-state index in [1.165, 1.54) is 12.1 Å². The summed E-state index contributed by atoms with van der Waals surface area (Å²) in [5.41, 5.74) is 4.49. The number of hydrogen-bond donors (Lipinski definition) is 4. The molecule has 0 aliphatic carbocycles. The molecule has 1 unspecified atom stereocenters. The Morgan fingerprint density at radius 2 is 1.57 bits per heavy atom. The average Bonchev–Trinajstić information content (AvgIpc) is 3.28. The van der Waals surface area contributed by atoms with Crippen LogP contribution in [0.15, 0.2) is 76.0 Å². The number of furan rings is 1. The van der Waals surface area contributed by atoms with Crippen molar-refractivity contribution in [1.82, 2.24) is 4.72 Å². The SMILES string of the molecule is Cc1c(C(=O)Nc2ccc(-c3ccc(S(=O)(=O)NC(C(=O)O)C(C)C)cc3)cc2)oc2cccc(CCCO)c12. The smallest absolute Gasteiger partial charge is 0.322 e. The van der Waals surface area contributed by atoms with Crippen LogP contribution < -0.4 is 10.0 Å². The summed E-state index contributed by atoms with van der Waals surface area (Å²) in [6.07, 6.45) is 1.30. The van der Waals surface area contributed by atoms with Gasteiger partial charge in [0, 0.05) is 23.2 Å². The first-order valence-corrected chi connectivity index (χ1v) is 14.4. The van der Waals surface area contributed by atoms with E-state index in [1.54, 1.807) is 50.2 Å². The molecule has 3 aromatic carbocycles. The molecule has 0 saturated carbocycles. The van der Waals surface area contributed by atoms with E-state index in [1.807, 2.05) is 25.1 Å². The molecule has 0 bridgehead atoms. The second kappa shape index (κ2) is 12.0. The first-order valence-electron chi connectivity index (χ1n) is 12.9. The van der Waals surface area contributed by atoms with Gasteiger partial charge in [-0.3, -0.25) is 9.59 Å². The van der Waals surface area contributed by atoms with Gasteiger partial charge < -0.3 is 19.9 Å². The summed E-state index contributed by atoms with van der Waals surface area (Å²) in [6.45, 7) is 5.19. The number of aryl methyl sites for hydroxylation is 2. The molecule has 40 heavy (non-hydrogen) atoms. The second-order valence-corrected chi connectivity index (χ2v) is 11.6. The van der Waals surface area contributed by atoms with Gasteiger partial charge in [-0.1, -0.05) is 50.2 Å². The minimum Gasteiger partial charge on any atom is -0.480 e. The van der Waals surface area contributed by atoms with E-state index in [2.05, 4.69) is 10.0 Å². The molecule has 0 radical (unpaired) electrons. The van der Waals surface area contributed by atoms with Gasteiger partial charge in [0.15, 0.2) is 5.76 Å². The third kappa shape index (κ3) is 6.25. The van der Waals surface area contributed by atoms with Gasteiger partial charge in [0.05, 0.1) is 4.90 Å². The molecule has 1 atom stereocenters. The van der Waals surface area contributed by atoms with Crippen LogP contribution in [0.1, 0.15) is 41.9 Å². The number of carboxylic acids is 1. The van der Waals surface area contributed by atoms with Crippen LogP contribution in [0.4, 0.5) is 5.69 Å². The summed E-state index contributed by atoms with van der Waals surface area (Å²) in [5, 5.41) is 22.2. The predicted octanol–water partition coefficient (Wildman–Crippen LogP) is 4.97. The van der Waals surface area contributed by atoms with Crippen LogP contribution in [0.25, 0.3) is 22.1 Å². The summed E-state index contributed by atoms with van der Waals surface area (Å²) < 4.78 is 33.5. The number of aliphatic carboxylic acids is 1. The third-order valence-corrected chi connectivity index (χ3v) is 8.16. The van der Waals surface area contributed by atoms with Gasteiger partial charge in [-0.05, 0) is 72.7 Å². The summed E-state index contributed by atoms with van der Waals surface area (Å²) in [4.78, 5) is 24.4. The van der Waals surface area contributed by atoms with Crippen LogP contribution in [0.3, 0.4) is 0 Å². The van der Waals surface area contributed by atoms with E-state index < -0.39 is 28.0 Å². The fourth-order valence-corrected chi connectivity index (χ4v) is 5.89. The topological polar surface area (TPSA) is 146 Å². The highest BCUT2D eigenvalue weighted by atomic mass is 32.2. The Hall–Kier alpha value is -3.99. The molecule has 4 N–H and O–H groups in total. The van der Waals surface area contributed by atoms with Gasteiger partial charge in [-0.2, -0.15) is 4.72 Å². The standard InChI is InChI=1S/C30H32N2O7S/c1-18(2)27(30(35)36)32-40(37,38)24-15-11-21(12-16-24)20-9-13-23(14-10-20)31-29(34)28-19(3)26-22(7-5-17-33)6-4-8-25(26)39-28/h4,6,8-16,18,27,32-33H,5,7,17H2,1-3H3,(H,31,34)(H,35,36). The molecule has 0 spiro atoms. The summed E-state index contributed by atoms with van der Waals surface area (Å²) >= 11 is 0. The van der Waals surface area contributed by atoms with Crippen molar-refractivity contribution in [2.75, 3.05) is 11.9 Å². The number of hydrogen-bond acceptors (Lipinski definition) is 6. The number of fused-ring (bicyclic) bond motifs is 1. The maximum absolute atomic E-state index is 13.0. The number of rotatable bonds is 11. The molecule has 4 aromatic rings. The van der Waals surface area contributed by atoms with Crippen molar-refractivity contribution in [3.05, 3.63) is 83.6 Å². The normalized spacial score (nSPS) is 12.5. The van der Waals surface area contributed by atoms with Gasteiger partial charge in [0.1, 0.15) is 11.6 Å². The van der Waals surface area contributed by atoms with E-state index in [0.29, 0.717) is 24.1 Å². The molecule has 9 nitrogen and oxygen atoms in total. The van der Waals surface area contributed by atoms with Gasteiger partial charge >= 0.3 is 5.97 Å². The van der Waals surface area contributed by atoms with E-state index in [0.717, 1.165) is 27.6 Å². The van der Waals surface area contributed by atoms with Crippen molar-refractivity contribution in [2.45, 2.75) is 44.6 Å². The number of anilines is 1. The summed E-state index contributed by atoms with van der Waals surface area (Å²) in [6, 6.07) is 17.6. The molecular weight excluding hydrogens is 532 g/mol. The number of aliphatic hydroxyl groups excluding tert-OH is 1. The van der Waals surface area contributed by atoms with Crippen LogP contribution >= 0.6 is 0 Å². The van der Waals surface area contributed by atoms with Crippen molar-refractivity contribution in [1.29, 1.82) is 0 Å². The summed E-state index contributed by atoms with van der Waals surface area (Å²) in [5.74, 6) is -1.81. The predicted molar refractivity (Wildman–Crippen MR) is 153 cm³/mol. The van der Waals surface area contributed by atoms with E-state index in [-0.39, 0.29) is 23.2 Å². The highest BCUT2D eigenvalue weighted by Crippen LogP contribution is 2.30. The largest absolute Gasteiger partial charge is 0.480 e. The van der Waals surface area contributed by atoms with Crippen LogP contribution in [0.2, 0.25) is 0 Å². The molecule has 0 fully saturated rings. The number of benzene rings is 3. The first-order chi connectivity index (χ1) is 19.0. The number of sulfonamides is 1. The monoisotopic (exact) mass is 564 g/mol. The molecule has 0 aliphatic rings. The number of amides is 1. The Morgan fingerprint density at radius 3 is 2.15 bits per heavy atom.